The molecule has 1 aromatic rings. The van der Waals surface area contributed by atoms with Gasteiger partial charge >= 0.3 is 0 Å². The van der Waals surface area contributed by atoms with E-state index in [4.69, 9.17) is 10.5 Å². The van der Waals surface area contributed by atoms with Gasteiger partial charge in [-0.1, -0.05) is 12.1 Å². The lowest BCUT2D eigenvalue weighted by molar-refractivity contribution is 0.0112. The van der Waals surface area contributed by atoms with Crippen LogP contribution in [-0.2, 0) is 0 Å². The van der Waals surface area contributed by atoms with E-state index in [1.54, 1.807) is 7.11 Å². The Morgan fingerprint density at radius 1 is 1.29 bits per heavy atom. The maximum atomic E-state index is 6.32. The highest BCUT2D eigenvalue weighted by Gasteiger charge is 2.35. The molecule has 1 aromatic carbocycles. The Kier molecular flexibility index (Phi) is 4.91. The summed E-state index contributed by atoms with van der Waals surface area (Å²) in [4.78, 5) is 4.94. The zero-order valence-electron chi connectivity index (χ0n) is 14.0. The van der Waals surface area contributed by atoms with Gasteiger partial charge in [-0.05, 0) is 45.5 Å². The zero-order chi connectivity index (χ0) is 15.6. The minimum absolute atomic E-state index is 0.0799. The molecule has 1 aliphatic heterocycles. The summed E-state index contributed by atoms with van der Waals surface area (Å²) in [5, 5.41) is 0. The summed E-state index contributed by atoms with van der Waals surface area (Å²) in [5.74, 6) is 0.895. The number of hydrogen-bond acceptors (Lipinski definition) is 4. The minimum Gasteiger partial charge on any atom is -0.497 e. The van der Waals surface area contributed by atoms with Crippen molar-refractivity contribution in [1.82, 2.24) is 9.80 Å². The summed E-state index contributed by atoms with van der Waals surface area (Å²) in [5.41, 5.74) is 7.73. The molecule has 1 fully saturated rings. The predicted octanol–water partition coefficient (Wildman–Crippen LogP) is 2.11. The molecular weight excluding hydrogens is 262 g/mol. The largest absolute Gasteiger partial charge is 0.497 e. The molecule has 4 heteroatoms. The molecule has 2 N–H and O–H groups in total. The third-order valence-electron chi connectivity index (χ3n) is 4.67. The molecule has 0 amide bonds. The van der Waals surface area contributed by atoms with Crippen molar-refractivity contribution in [2.45, 2.75) is 38.4 Å². The quantitative estimate of drug-likeness (QED) is 0.922. The van der Waals surface area contributed by atoms with Crippen molar-refractivity contribution >= 4 is 0 Å². The van der Waals surface area contributed by atoms with E-state index in [1.807, 2.05) is 12.1 Å². The highest BCUT2D eigenvalue weighted by Crippen LogP contribution is 2.31. The second kappa shape index (κ2) is 6.34. The number of likely N-dealkylation sites (N-methyl/N-ethyl adjacent to an activating group) is 1. The number of rotatable bonds is 4. The molecule has 2 atom stereocenters. The number of nitrogens with zero attached hydrogens (tertiary/aromatic N) is 2. The molecule has 2 unspecified atom stereocenters. The van der Waals surface area contributed by atoms with Gasteiger partial charge in [0.25, 0.3) is 0 Å². The van der Waals surface area contributed by atoms with Crippen LogP contribution in [0.5, 0.6) is 5.75 Å². The molecule has 118 valence electrons. The average Bonchev–Trinajstić information content (AvgIpc) is 2.42. The average molecular weight is 291 g/mol. The smallest absolute Gasteiger partial charge is 0.119 e. The van der Waals surface area contributed by atoms with E-state index < -0.39 is 0 Å². The van der Waals surface area contributed by atoms with Gasteiger partial charge in [0.15, 0.2) is 0 Å². The summed E-state index contributed by atoms with van der Waals surface area (Å²) >= 11 is 0. The maximum absolute atomic E-state index is 6.32. The fraction of sp³-hybridized carbons (Fsp3) is 0.647. The Hall–Kier alpha value is -1.10. The van der Waals surface area contributed by atoms with Crippen LogP contribution in [0.15, 0.2) is 24.3 Å². The van der Waals surface area contributed by atoms with E-state index in [-0.39, 0.29) is 17.6 Å². The number of piperazine rings is 1. The number of hydrogen-bond donors (Lipinski definition) is 1. The van der Waals surface area contributed by atoms with Crippen LogP contribution in [0.1, 0.15) is 32.4 Å². The van der Waals surface area contributed by atoms with Gasteiger partial charge in [-0.15, -0.1) is 0 Å². The summed E-state index contributed by atoms with van der Waals surface area (Å²) < 4.78 is 5.36. The summed E-state index contributed by atoms with van der Waals surface area (Å²) in [6.45, 7) is 9.82. The minimum atomic E-state index is 0.0799. The maximum Gasteiger partial charge on any atom is 0.119 e. The van der Waals surface area contributed by atoms with E-state index in [0.29, 0.717) is 0 Å². The first-order valence-electron chi connectivity index (χ1n) is 7.70. The Morgan fingerprint density at radius 2 is 2.00 bits per heavy atom. The Morgan fingerprint density at radius 3 is 2.57 bits per heavy atom. The fourth-order valence-corrected chi connectivity index (χ4v) is 3.19. The van der Waals surface area contributed by atoms with Crippen LogP contribution < -0.4 is 10.5 Å². The van der Waals surface area contributed by atoms with Crippen molar-refractivity contribution in [2.24, 2.45) is 5.73 Å². The van der Waals surface area contributed by atoms with Gasteiger partial charge in [0.05, 0.1) is 7.11 Å². The van der Waals surface area contributed by atoms with E-state index in [9.17, 15) is 0 Å². The Balaban J connectivity index is 2.27. The van der Waals surface area contributed by atoms with Crippen molar-refractivity contribution < 1.29 is 4.74 Å². The van der Waals surface area contributed by atoms with Crippen LogP contribution in [0, 0.1) is 0 Å². The number of benzene rings is 1. The first-order valence-corrected chi connectivity index (χ1v) is 7.70. The van der Waals surface area contributed by atoms with Crippen molar-refractivity contribution in [3.8, 4) is 5.75 Å². The van der Waals surface area contributed by atoms with Crippen molar-refractivity contribution in [2.75, 3.05) is 33.8 Å². The summed E-state index contributed by atoms with van der Waals surface area (Å²) in [7, 11) is 3.91. The monoisotopic (exact) mass is 291 g/mol. The molecule has 2 rings (SSSR count). The molecule has 4 nitrogen and oxygen atoms in total. The van der Waals surface area contributed by atoms with E-state index in [0.717, 1.165) is 25.4 Å². The van der Waals surface area contributed by atoms with Gasteiger partial charge in [-0.25, -0.2) is 0 Å². The highest BCUT2D eigenvalue weighted by atomic mass is 16.5. The van der Waals surface area contributed by atoms with Crippen LogP contribution in [0.2, 0.25) is 0 Å². The molecule has 1 aliphatic rings. The van der Waals surface area contributed by atoms with Crippen LogP contribution in [0.25, 0.3) is 0 Å². The van der Waals surface area contributed by atoms with Gasteiger partial charge in [0.2, 0.25) is 0 Å². The zero-order valence-corrected chi connectivity index (χ0v) is 14.0. The van der Waals surface area contributed by atoms with Gasteiger partial charge in [0.1, 0.15) is 5.75 Å². The molecule has 0 aromatic heterocycles. The standard InChI is InChI=1S/C17H29N3O/c1-13(18)16(14-7-6-8-15(11-14)21-5)20-10-9-19(4)17(2,3)12-20/h6-8,11,13,16H,9-10,12,18H2,1-5H3. The van der Waals surface area contributed by atoms with Gasteiger partial charge in [0, 0.05) is 37.3 Å². The number of nitrogens with two attached hydrogens (primary N) is 1. The molecule has 0 saturated carbocycles. The van der Waals surface area contributed by atoms with Gasteiger partial charge < -0.3 is 10.5 Å². The predicted molar refractivity (Wildman–Crippen MR) is 87.7 cm³/mol. The SMILES string of the molecule is COc1cccc(C(C(C)N)N2CCN(C)C(C)(C)C2)c1. The van der Waals surface area contributed by atoms with Crippen molar-refractivity contribution in [1.29, 1.82) is 0 Å². The van der Waals surface area contributed by atoms with Crippen LogP contribution in [0.4, 0.5) is 0 Å². The lowest BCUT2D eigenvalue weighted by atomic mass is 9.93. The van der Waals surface area contributed by atoms with E-state index >= 15 is 0 Å². The van der Waals surface area contributed by atoms with Gasteiger partial charge in [-0.3, -0.25) is 9.80 Å². The van der Waals surface area contributed by atoms with E-state index in [1.165, 1.54) is 5.56 Å². The molecular formula is C17H29N3O. The summed E-state index contributed by atoms with van der Waals surface area (Å²) in [6, 6.07) is 8.60. The fourth-order valence-electron chi connectivity index (χ4n) is 3.19. The molecule has 21 heavy (non-hydrogen) atoms. The number of methoxy groups -OCH3 is 1. The first kappa shape index (κ1) is 16.3. The first-order chi connectivity index (χ1) is 9.85. The highest BCUT2D eigenvalue weighted by molar-refractivity contribution is 5.31. The third kappa shape index (κ3) is 3.57. The second-order valence-corrected chi connectivity index (χ2v) is 6.79. The molecule has 1 heterocycles. The molecule has 0 aliphatic carbocycles. The van der Waals surface area contributed by atoms with E-state index in [2.05, 4.69) is 49.8 Å². The lowest BCUT2D eigenvalue weighted by Gasteiger charge is -2.48. The van der Waals surface area contributed by atoms with Crippen LogP contribution >= 0.6 is 0 Å². The second-order valence-electron chi connectivity index (χ2n) is 6.79. The van der Waals surface area contributed by atoms with Crippen LogP contribution in [0.3, 0.4) is 0 Å². The molecule has 1 saturated heterocycles. The lowest BCUT2D eigenvalue weighted by Crippen LogP contribution is -2.59. The third-order valence-corrected chi connectivity index (χ3v) is 4.67. The van der Waals surface area contributed by atoms with Gasteiger partial charge in [-0.2, -0.15) is 0 Å². The molecule has 0 spiro atoms. The Bertz CT molecular complexity index is 473. The molecule has 0 radical (unpaired) electrons. The van der Waals surface area contributed by atoms with Crippen LogP contribution in [-0.4, -0.2) is 55.2 Å². The summed E-state index contributed by atoms with van der Waals surface area (Å²) in [6.07, 6.45) is 0. The normalized spacial score (nSPS) is 22.8. The van der Waals surface area contributed by atoms with Crippen molar-refractivity contribution in [3.05, 3.63) is 29.8 Å². The Labute approximate surface area is 128 Å². The van der Waals surface area contributed by atoms with Crippen molar-refractivity contribution in [3.63, 3.8) is 0 Å². The molecule has 0 bridgehead atoms. The topological polar surface area (TPSA) is 41.7 Å². The number of ether oxygens (including phenoxy) is 1.